The summed E-state index contributed by atoms with van der Waals surface area (Å²) in [6, 6.07) is 0. The van der Waals surface area contributed by atoms with Crippen LogP contribution >= 0.6 is 0 Å². The molecule has 0 spiro atoms. The lowest BCUT2D eigenvalue weighted by atomic mass is 10.3. The van der Waals surface area contributed by atoms with E-state index < -0.39 is 22.4 Å². The Balaban J connectivity index is 4.17. The lowest BCUT2D eigenvalue weighted by Crippen LogP contribution is -2.41. The smallest absolute Gasteiger partial charge is 0.367 e. The summed E-state index contributed by atoms with van der Waals surface area (Å²) in [6.45, 7) is -0.369. The van der Waals surface area contributed by atoms with Gasteiger partial charge in [-0.3, -0.25) is 9.35 Å². The summed E-state index contributed by atoms with van der Waals surface area (Å²) in [6.07, 6.45) is -1.03. The van der Waals surface area contributed by atoms with Crippen LogP contribution in [0.15, 0.2) is 0 Å². The monoisotopic (exact) mass is 226 g/mol. The lowest BCUT2D eigenvalue weighted by molar-refractivity contribution is -0.124. The van der Waals surface area contributed by atoms with Gasteiger partial charge in [0.2, 0.25) is 5.91 Å². The summed E-state index contributed by atoms with van der Waals surface area (Å²) in [5.41, 5.74) is 4.76. The minimum absolute atomic E-state index is 0.0847. The van der Waals surface area contributed by atoms with E-state index >= 15 is 0 Å². The summed E-state index contributed by atoms with van der Waals surface area (Å²) in [7, 11) is -4.73. The fraction of sp³-hybridized carbons (Fsp3) is 0.600. The Morgan fingerprint density at radius 1 is 1.64 bits per heavy atom. The SMILES string of the molecule is NC(=O)C(CNCC=O)OS(=O)(=O)O. The van der Waals surface area contributed by atoms with E-state index in [1.807, 2.05) is 0 Å². The number of carbonyl (C=O) groups excluding carboxylic acids is 2. The van der Waals surface area contributed by atoms with E-state index in [0.717, 1.165) is 0 Å². The topological polar surface area (TPSA) is 136 Å². The molecule has 0 radical (unpaired) electrons. The van der Waals surface area contributed by atoms with Gasteiger partial charge in [-0.2, -0.15) is 8.42 Å². The standard InChI is InChI=1S/C5H10N2O6S/c6-5(9)4(3-7-1-2-8)13-14(10,11)12/h2,4,7H,1,3H2,(H2,6,9)(H,10,11,12). The highest BCUT2D eigenvalue weighted by Gasteiger charge is 2.21. The molecule has 0 saturated carbocycles. The molecule has 14 heavy (non-hydrogen) atoms. The number of rotatable bonds is 7. The fourth-order valence-electron chi connectivity index (χ4n) is 0.602. The van der Waals surface area contributed by atoms with Crippen molar-refractivity contribution in [3.05, 3.63) is 0 Å². The van der Waals surface area contributed by atoms with Gasteiger partial charge in [0.1, 0.15) is 6.29 Å². The Morgan fingerprint density at radius 2 is 2.21 bits per heavy atom. The zero-order valence-electron chi connectivity index (χ0n) is 7.04. The van der Waals surface area contributed by atoms with Gasteiger partial charge >= 0.3 is 10.4 Å². The van der Waals surface area contributed by atoms with Crippen LogP contribution < -0.4 is 11.1 Å². The van der Waals surface area contributed by atoms with E-state index in [4.69, 9.17) is 10.3 Å². The predicted molar refractivity (Wildman–Crippen MR) is 44.5 cm³/mol. The molecule has 0 aliphatic rings. The first-order valence-corrected chi connectivity index (χ1v) is 4.82. The molecule has 0 aromatic carbocycles. The second-order valence-corrected chi connectivity index (χ2v) is 3.29. The van der Waals surface area contributed by atoms with Crippen LogP contribution in [0.1, 0.15) is 0 Å². The number of primary amides is 1. The van der Waals surface area contributed by atoms with Gasteiger partial charge in [0.05, 0.1) is 6.54 Å². The molecule has 1 unspecified atom stereocenters. The normalized spacial score (nSPS) is 13.5. The lowest BCUT2D eigenvalue weighted by Gasteiger charge is -2.11. The van der Waals surface area contributed by atoms with Crippen molar-refractivity contribution in [1.29, 1.82) is 0 Å². The van der Waals surface area contributed by atoms with Crippen LogP contribution in [0, 0.1) is 0 Å². The number of nitrogens with two attached hydrogens (primary N) is 1. The molecular formula is C5H10N2O6S. The number of hydrogen-bond acceptors (Lipinski definition) is 6. The molecule has 8 nitrogen and oxygen atoms in total. The Labute approximate surface area is 80.4 Å². The third-order valence-corrected chi connectivity index (χ3v) is 1.59. The van der Waals surface area contributed by atoms with Crippen LogP contribution in [-0.2, 0) is 24.2 Å². The van der Waals surface area contributed by atoms with Gasteiger partial charge in [-0.15, -0.1) is 0 Å². The van der Waals surface area contributed by atoms with Gasteiger partial charge in [0, 0.05) is 6.54 Å². The largest absolute Gasteiger partial charge is 0.398 e. The molecule has 4 N–H and O–H groups in total. The van der Waals surface area contributed by atoms with E-state index in [1.165, 1.54) is 0 Å². The van der Waals surface area contributed by atoms with E-state index in [2.05, 4.69) is 9.50 Å². The first kappa shape index (κ1) is 13.0. The predicted octanol–water partition coefficient (Wildman–Crippen LogP) is -2.55. The van der Waals surface area contributed by atoms with Crippen molar-refractivity contribution in [2.24, 2.45) is 5.73 Å². The molecule has 9 heteroatoms. The minimum Gasteiger partial charge on any atom is -0.367 e. The maximum absolute atomic E-state index is 10.6. The molecule has 0 aliphatic heterocycles. The molecule has 0 fully saturated rings. The quantitative estimate of drug-likeness (QED) is 0.247. The molecule has 0 heterocycles. The van der Waals surface area contributed by atoms with Crippen molar-refractivity contribution in [2.75, 3.05) is 13.1 Å². The summed E-state index contributed by atoms with van der Waals surface area (Å²) in [4.78, 5) is 20.4. The van der Waals surface area contributed by atoms with Crippen LogP contribution in [0.2, 0.25) is 0 Å². The maximum atomic E-state index is 10.6. The summed E-state index contributed by atoms with van der Waals surface area (Å²) in [5.74, 6) is -1.07. The van der Waals surface area contributed by atoms with E-state index in [-0.39, 0.29) is 13.1 Å². The van der Waals surface area contributed by atoms with Crippen LogP contribution in [-0.4, -0.2) is 44.4 Å². The molecule has 0 saturated heterocycles. The zero-order chi connectivity index (χ0) is 11.2. The Morgan fingerprint density at radius 3 is 2.57 bits per heavy atom. The Kier molecular flexibility index (Phi) is 5.23. The maximum Gasteiger partial charge on any atom is 0.398 e. The average Bonchev–Trinajstić information content (AvgIpc) is 2.00. The van der Waals surface area contributed by atoms with Crippen molar-refractivity contribution in [3.63, 3.8) is 0 Å². The third-order valence-electron chi connectivity index (χ3n) is 1.11. The molecule has 0 rings (SSSR count). The number of nitrogens with one attached hydrogen (secondary N) is 1. The second kappa shape index (κ2) is 5.65. The number of aldehydes is 1. The average molecular weight is 226 g/mol. The Bertz CT molecular complexity index is 299. The fourth-order valence-corrected chi connectivity index (χ4v) is 1.06. The van der Waals surface area contributed by atoms with Crippen molar-refractivity contribution in [3.8, 4) is 0 Å². The van der Waals surface area contributed by atoms with Crippen LogP contribution in [0.4, 0.5) is 0 Å². The van der Waals surface area contributed by atoms with Gasteiger partial charge < -0.3 is 15.8 Å². The first-order chi connectivity index (χ1) is 6.37. The number of hydrogen-bond donors (Lipinski definition) is 3. The van der Waals surface area contributed by atoms with Crippen molar-refractivity contribution in [1.82, 2.24) is 5.32 Å². The first-order valence-electron chi connectivity index (χ1n) is 3.46. The molecule has 0 bridgehead atoms. The van der Waals surface area contributed by atoms with Gasteiger partial charge in [0.15, 0.2) is 6.10 Å². The van der Waals surface area contributed by atoms with Crippen molar-refractivity contribution < 1.29 is 26.7 Å². The summed E-state index contributed by atoms with van der Waals surface area (Å²) in [5, 5.41) is 2.37. The van der Waals surface area contributed by atoms with E-state index in [1.54, 1.807) is 0 Å². The highest BCUT2D eigenvalue weighted by atomic mass is 32.3. The highest BCUT2D eigenvalue weighted by Crippen LogP contribution is 1.95. The van der Waals surface area contributed by atoms with E-state index in [9.17, 15) is 18.0 Å². The summed E-state index contributed by atoms with van der Waals surface area (Å²) < 4.78 is 32.6. The molecule has 0 aromatic rings. The highest BCUT2D eigenvalue weighted by molar-refractivity contribution is 7.80. The third kappa shape index (κ3) is 6.48. The molecule has 82 valence electrons. The zero-order valence-corrected chi connectivity index (χ0v) is 7.86. The minimum atomic E-state index is -4.73. The van der Waals surface area contributed by atoms with Crippen molar-refractivity contribution in [2.45, 2.75) is 6.10 Å². The van der Waals surface area contributed by atoms with Crippen LogP contribution in [0.25, 0.3) is 0 Å². The van der Waals surface area contributed by atoms with Gasteiger partial charge in [-0.1, -0.05) is 0 Å². The molecular weight excluding hydrogens is 216 g/mol. The van der Waals surface area contributed by atoms with E-state index in [0.29, 0.717) is 6.29 Å². The van der Waals surface area contributed by atoms with Crippen LogP contribution in [0.5, 0.6) is 0 Å². The van der Waals surface area contributed by atoms with Gasteiger partial charge in [0.25, 0.3) is 0 Å². The molecule has 1 amide bonds. The number of carbonyl (C=O) groups is 2. The second-order valence-electron chi connectivity index (χ2n) is 2.24. The van der Waals surface area contributed by atoms with Crippen molar-refractivity contribution >= 4 is 22.6 Å². The van der Waals surface area contributed by atoms with Gasteiger partial charge in [-0.25, -0.2) is 4.18 Å². The number of amides is 1. The molecule has 0 aliphatic carbocycles. The molecule has 1 atom stereocenters. The van der Waals surface area contributed by atoms with Crippen LogP contribution in [0.3, 0.4) is 0 Å². The summed E-state index contributed by atoms with van der Waals surface area (Å²) >= 11 is 0. The van der Waals surface area contributed by atoms with Gasteiger partial charge in [-0.05, 0) is 0 Å². The molecule has 0 aromatic heterocycles. The Hall–Kier alpha value is -1.03.